The van der Waals surface area contributed by atoms with Gasteiger partial charge in [0.25, 0.3) is 0 Å². The Bertz CT molecular complexity index is 3970. The van der Waals surface area contributed by atoms with Crippen LogP contribution in [0.2, 0.25) is 0 Å². The molecular weight excluding hydrogens is 849 g/mol. The number of benzene rings is 11. The Hall–Kier alpha value is -9.43. The highest BCUT2D eigenvalue weighted by atomic mass is 15.2. The van der Waals surface area contributed by atoms with Crippen molar-refractivity contribution in [2.45, 2.75) is 6.17 Å². The van der Waals surface area contributed by atoms with Crippen LogP contribution in [0.25, 0.3) is 99.4 Å². The standard InChI is InChI=1S/C66H42N4/c67-41-42-33-34-55(62(37-42)49-23-11-20-46(39-49)54-35-36-60-57-28-8-7-27-56(57)59-32-14-31-58(54)63(59)60)47-21-10-19-45(38-47)53-26-6-9-29-61(53)66-69-64(44-16-2-1-3-17-44)68-65(70-66)50-24-12-22-48(40-50)52-30-13-18-43-15-4-5-25-51(43)52/h1-40,64H,(H,68,69,70). The number of hydrogen-bond donors (Lipinski definition) is 1. The molecule has 1 heterocycles. The molecule has 1 aliphatic carbocycles. The van der Waals surface area contributed by atoms with E-state index in [1.165, 1.54) is 54.9 Å². The molecule has 70 heavy (non-hydrogen) atoms. The zero-order valence-corrected chi connectivity index (χ0v) is 38.0. The van der Waals surface area contributed by atoms with Crippen LogP contribution in [0.5, 0.6) is 0 Å². The molecule has 1 aliphatic heterocycles. The first-order chi connectivity index (χ1) is 34.6. The van der Waals surface area contributed by atoms with E-state index in [1.807, 2.05) is 18.2 Å². The smallest absolute Gasteiger partial charge is 0.159 e. The van der Waals surface area contributed by atoms with E-state index < -0.39 is 0 Å². The highest BCUT2D eigenvalue weighted by molar-refractivity contribution is 6.19. The monoisotopic (exact) mass is 890 g/mol. The molecule has 4 nitrogen and oxygen atoms in total. The van der Waals surface area contributed by atoms with E-state index in [2.05, 4.69) is 236 Å². The fourth-order valence-electron chi connectivity index (χ4n) is 10.6. The van der Waals surface area contributed by atoms with Crippen molar-refractivity contribution in [3.05, 3.63) is 265 Å². The number of nitriles is 1. The van der Waals surface area contributed by atoms with E-state index in [1.54, 1.807) is 0 Å². The predicted molar refractivity (Wildman–Crippen MR) is 290 cm³/mol. The highest BCUT2D eigenvalue weighted by Gasteiger charge is 2.25. The van der Waals surface area contributed by atoms with E-state index in [9.17, 15) is 5.26 Å². The maximum atomic E-state index is 10.2. The summed E-state index contributed by atoms with van der Waals surface area (Å²) in [6, 6.07) is 88.2. The third-order valence-corrected chi connectivity index (χ3v) is 13.9. The van der Waals surface area contributed by atoms with Crippen molar-refractivity contribution in [1.29, 1.82) is 5.26 Å². The first kappa shape index (κ1) is 40.8. The molecule has 1 unspecified atom stereocenters. The number of hydrogen-bond acceptors (Lipinski definition) is 4. The maximum absolute atomic E-state index is 10.2. The van der Waals surface area contributed by atoms with Gasteiger partial charge in [-0.1, -0.05) is 212 Å². The SMILES string of the molecule is N#Cc1ccc(-c2cccc(-c3ccccc3C3=NC(c4cccc(-c5cccc6ccccc56)c4)=NC(c4ccccc4)N3)c2)c(-c2cccc(-c3ccc4c5c(cccc35)-c3ccccc3-4)c2)c1. The maximum Gasteiger partial charge on any atom is 0.159 e. The summed E-state index contributed by atoms with van der Waals surface area (Å²) in [5, 5.41) is 18.9. The third-order valence-electron chi connectivity index (χ3n) is 13.9. The molecule has 0 spiro atoms. The van der Waals surface area contributed by atoms with Crippen molar-refractivity contribution in [3.8, 4) is 84.0 Å². The number of aliphatic imine (C=N–C) groups is 2. The number of nitrogens with one attached hydrogen (secondary N) is 1. The van der Waals surface area contributed by atoms with Crippen LogP contribution in [0.4, 0.5) is 0 Å². The molecular formula is C66H42N4. The minimum atomic E-state index is -0.358. The fraction of sp³-hybridized carbons (Fsp3) is 0.0152. The van der Waals surface area contributed by atoms with Crippen LogP contribution in [0.3, 0.4) is 0 Å². The van der Waals surface area contributed by atoms with Crippen LogP contribution in [0.15, 0.2) is 253 Å². The molecule has 4 heteroatoms. The molecule has 0 saturated heterocycles. The van der Waals surface area contributed by atoms with Crippen LogP contribution in [0.1, 0.15) is 28.4 Å². The lowest BCUT2D eigenvalue weighted by molar-refractivity contribution is 0.674. The van der Waals surface area contributed by atoms with Crippen LogP contribution in [-0.4, -0.2) is 11.7 Å². The van der Waals surface area contributed by atoms with Gasteiger partial charge < -0.3 is 5.32 Å². The molecule has 0 bridgehead atoms. The van der Waals surface area contributed by atoms with Gasteiger partial charge in [0.05, 0.1) is 11.6 Å². The third kappa shape index (κ3) is 7.08. The van der Waals surface area contributed by atoms with Gasteiger partial charge in [0.2, 0.25) is 0 Å². The Morgan fingerprint density at radius 2 is 0.829 bits per heavy atom. The van der Waals surface area contributed by atoms with Gasteiger partial charge in [0.1, 0.15) is 12.0 Å². The van der Waals surface area contributed by atoms with E-state index >= 15 is 0 Å². The van der Waals surface area contributed by atoms with Crippen LogP contribution in [0, 0.1) is 11.3 Å². The second kappa shape index (κ2) is 17.0. The van der Waals surface area contributed by atoms with E-state index in [0.29, 0.717) is 11.4 Å². The molecule has 1 N–H and O–H groups in total. The van der Waals surface area contributed by atoms with Gasteiger partial charge in [-0.15, -0.1) is 0 Å². The average Bonchev–Trinajstić information content (AvgIpc) is 3.77. The molecule has 11 aromatic carbocycles. The normalized spacial score (nSPS) is 13.6. The number of amidine groups is 2. The lowest BCUT2D eigenvalue weighted by atomic mass is 9.88. The zero-order valence-electron chi connectivity index (χ0n) is 38.0. The molecule has 0 amide bonds. The molecule has 1 atom stereocenters. The van der Waals surface area contributed by atoms with E-state index in [4.69, 9.17) is 9.98 Å². The van der Waals surface area contributed by atoms with Crippen molar-refractivity contribution in [2.75, 3.05) is 0 Å². The van der Waals surface area contributed by atoms with E-state index in [0.717, 1.165) is 67.0 Å². The van der Waals surface area contributed by atoms with Crippen molar-refractivity contribution in [2.24, 2.45) is 9.98 Å². The fourth-order valence-corrected chi connectivity index (χ4v) is 10.6. The zero-order chi connectivity index (χ0) is 46.5. The van der Waals surface area contributed by atoms with E-state index in [-0.39, 0.29) is 6.17 Å². The summed E-state index contributed by atoms with van der Waals surface area (Å²) in [6.45, 7) is 0. The van der Waals surface area contributed by atoms with Gasteiger partial charge in [-0.25, -0.2) is 9.98 Å². The van der Waals surface area contributed by atoms with Crippen LogP contribution < -0.4 is 5.32 Å². The Labute approximate surface area is 406 Å². The summed E-state index contributed by atoms with van der Waals surface area (Å²) in [7, 11) is 0. The lowest BCUT2D eigenvalue weighted by Gasteiger charge is -2.25. The molecule has 13 rings (SSSR count). The summed E-state index contributed by atoms with van der Waals surface area (Å²) >= 11 is 0. The first-order valence-corrected chi connectivity index (χ1v) is 23.7. The second-order valence-electron chi connectivity index (χ2n) is 18.0. The minimum absolute atomic E-state index is 0.358. The summed E-state index contributed by atoms with van der Waals surface area (Å²) in [6.07, 6.45) is -0.358. The number of fused-ring (bicyclic) bond motifs is 4. The number of nitrogens with zero attached hydrogens (tertiary/aromatic N) is 3. The van der Waals surface area contributed by atoms with Crippen molar-refractivity contribution in [3.63, 3.8) is 0 Å². The molecule has 326 valence electrons. The van der Waals surface area contributed by atoms with Gasteiger partial charge in [0, 0.05) is 11.1 Å². The first-order valence-electron chi connectivity index (χ1n) is 23.7. The molecule has 0 saturated carbocycles. The molecule has 0 radical (unpaired) electrons. The van der Waals surface area contributed by atoms with Gasteiger partial charge in [0.15, 0.2) is 5.84 Å². The molecule has 0 aromatic heterocycles. The van der Waals surface area contributed by atoms with Crippen LogP contribution in [-0.2, 0) is 0 Å². The highest BCUT2D eigenvalue weighted by Crippen LogP contribution is 2.49. The summed E-state index contributed by atoms with van der Waals surface area (Å²) in [5.41, 5.74) is 19.6. The Balaban J connectivity index is 0.889. The Morgan fingerprint density at radius 3 is 1.57 bits per heavy atom. The molecule has 2 aliphatic rings. The predicted octanol–water partition coefficient (Wildman–Crippen LogP) is 16.3. The lowest BCUT2D eigenvalue weighted by Crippen LogP contribution is -2.34. The Morgan fingerprint density at radius 1 is 0.357 bits per heavy atom. The summed E-state index contributed by atoms with van der Waals surface area (Å²) < 4.78 is 0. The Kier molecular flexibility index (Phi) is 9.92. The number of rotatable bonds is 8. The quantitative estimate of drug-likeness (QED) is 0.165. The van der Waals surface area contributed by atoms with Crippen molar-refractivity contribution in [1.82, 2.24) is 5.32 Å². The van der Waals surface area contributed by atoms with Gasteiger partial charge in [-0.05, 0) is 135 Å². The average molecular weight is 891 g/mol. The van der Waals surface area contributed by atoms with Gasteiger partial charge >= 0.3 is 0 Å². The largest absolute Gasteiger partial charge is 0.344 e. The van der Waals surface area contributed by atoms with Gasteiger partial charge in [-0.2, -0.15) is 5.26 Å². The summed E-state index contributed by atoms with van der Waals surface area (Å²) in [4.78, 5) is 10.6. The van der Waals surface area contributed by atoms with Crippen molar-refractivity contribution < 1.29 is 0 Å². The second-order valence-corrected chi connectivity index (χ2v) is 18.0. The minimum Gasteiger partial charge on any atom is -0.344 e. The van der Waals surface area contributed by atoms with Gasteiger partial charge in [-0.3, -0.25) is 0 Å². The van der Waals surface area contributed by atoms with Crippen LogP contribution >= 0.6 is 0 Å². The molecule has 0 fully saturated rings. The van der Waals surface area contributed by atoms with Crippen molar-refractivity contribution >= 4 is 33.2 Å². The molecule has 11 aromatic rings. The topological polar surface area (TPSA) is 60.5 Å². The summed E-state index contributed by atoms with van der Waals surface area (Å²) in [5.74, 6) is 1.41.